The van der Waals surface area contributed by atoms with E-state index in [1.807, 2.05) is 19.1 Å². The topological polar surface area (TPSA) is 64.5 Å². The van der Waals surface area contributed by atoms with Gasteiger partial charge in [-0.25, -0.2) is 0 Å². The van der Waals surface area contributed by atoms with Gasteiger partial charge in [0.05, 0.1) is 12.3 Å². The Labute approximate surface area is 115 Å². The lowest BCUT2D eigenvalue weighted by molar-refractivity contribution is 0.237. The van der Waals surface area contributed by atoms with E-state index >= 15 is 0 Å². The van der Waals surface area contributed by atoms with Crippen molar-refractivity contribution in [3.63, 3.8) is 0 Å². The molecule has 1 aromatic carbocycles. The summed E-state index contributed by atoms with van der Waals surface area (Å²) in [6.07, 6.45) is 2.11. The molecule has 4 heteroatoms. The van der Waals surface area contributed by atoms with E-state index in [0.717, 1.165) is 31.7 Å². The summed E-state index contributed by atoms with van der Waals surface area (Å²) in [6.45, 7) is 6.08. The number of hydrogen-bond acceptors (Lipinski definition) is 4. The Morgan fingerprint density at radius 2 is 1.79 bits per heavy atom. The van der Waals surface area contributed by atoms with Crippen molar-refractivity contribution in [2.75, 3.05) is 37.7 Å². The lowest BCUT2D eigenvalue weighted by Gasteiger charge is -2.41. The third kappa shape index (κ3) is 3.01. The Morgan fingerprint density at radius 3 is 2.37 bits per heavy atom. The van der Waals surface area contributed by atoms with Crippen molar-refractivity contribution in [2.24, 2.45) is 16.9 Å². The van der Waals surface area contributed by atoms with Gasteiger partial charge in [0.25, 0.3) is 0 Å². The van der Waals surface area contributed by atoms with Gasteiger partial charge in [0, 0.05) is 13.1 Å². The zero-order chi connectivity index (χ0) is 13.7. The molecule has 2 rings (SSSR count). The van der Waals surface area contributed by atoms with E-state index in [2.05, 4.69) is 17.0 Å². The van der Waals surface area contributed by atoms with Crippen molar-refractivity contribution < 1.29 is 4.74 Å². The molecule has 0 bridgehead atoms. The van der Waals surface area contributed by atoms with Crippen LogP contribution in [-0.2, 0) is 0 Å². The van der Waals surface area contributed by atoms with E-state index in [-0.39, 0.29) is 5.41 Å². The summed E-state index contributed by atoms with van der Waals surface area (Å²) < 4.78 is 5.70. The highest BCUT2D eigenvalue weighted by Crippen LogP contribution is 2.35. The number of benzene rings is 1. The third-order valence-corrected chi connectivity index (χ3v) is 4.20. The number of ether oxygens (including phenoxy) is 1. The molecular formula is C15H25N3O. The van der Waals surface area contributed by atoms with Crippen LogP contribution in [-0.4, -0.2) is 32.8 Å². The van der Waals surface area contributed by atoms with Gasteiger partial charge in [0.2, 0.25) is 0 Å². The minimum Gasteiger partial charge on any atom is -0.492 e. The molecular weight excluding hydrogens is 238 g/mol. The molecule has 0 amide bonds. The smallest absolute Gasteiger partial charge is 0.142 e. The summed E-state index contributed by atoms with van der Waals surface area (Å²) in [5.41, 5.74) is 13.1. The standard InChI is InChI=1S/C15H25N3O/c1-2-19-14-6-4-3-5-13(14)18-9-7-15(11-16,12-17)8-10-18/h3-6H,2,7-12,16-17H2,1H3. The van der Waals surface area contributed by atoms with Gasteiger partial charge in [-0.15, -0.1) is 0 Å². The molecule has 0 unspecified atom stereocenters. The predicted octanol–water partition coefficient (Wildman–Crippen LogP) is 1.59. The molecule has 4 N–H and O–H groups in total. The second kappa shape index (κ2) is 6.26. The average molecular weight is 263 g/mol. The number of piperidine rings is 1. The molecule has 1 saturated heterocycles. The van der Waals surface area contributed by atoms with Gasteiger partial charge in [-0.3, -0.25) is 0 Å². The average Bonchev–Trinajstić information content (AvgIpc) is 2.48. The largest absolute Gasteiger partial charge is 0.492 e. The quantitative estimate of drug-likeness (QED) is 0.846. The minimum absolute atomic E-state index is 0.136. The van der Waals surface area contributed by atoms with Crippen molar-refractivity contribution in [1.29, 1.82) is 0 Å². The molecule has 1 aromatic rings. The first-order valence-corrected chi connectivity index (χ1v) is 7.11. The first kappa shape index (κ1) is 14.2. The molecule has 1 aliphatic heterocycles. The molecule has 0 spiro atoms. The molecule has 0 aliphatic carbocycles. The first-order valence-electron chi connectivity index (χ1n) is 7.11. The summed E-state index contributed by atoms with van der Waals surface area (Å²) in [5, 5.41) is 0. The molecule has 4 nitrogen and oxygen atoms in total. The van der Waals surface area contributed by atoms with Crippen molar-refractivity contribution in [3.8, 4) is 5.75 Å². The first-order chi connectivity index (χ1) is 9.24. The molecule has 0 saturated carbocycles. The zero-order valence-corrected chi connectivity index (χ0v) is 11.8. The van der Waals surface area contributed by atoms with Crippen molar-refractivity contribution in [1.82, 2.24) is 0 Å². The zero-order valence-electron chi connectivity index (χ0n) is 11.8. The van der Waals surface area contributed by atoms with Gasteiger partial charge < -0.3 is 21.1 Å². The Hall–Kier alpha value is -1.26. The minimum atomic E-state index is 0.136. The van der Waals surface area contributed by atoms with Crippen LogP contribution in [0, 0.1) is 5.41 Å². The van der Waals surface area contributed by atoms with E-state index in [9.17, 15) is 0 Å². The summed E-state index contributed by atoms with van der Waals surface area (Å²) in [4.78, 5) is 2.38. The molecule has 106 valence electrons. The summed E-state index contributed by atoms with van der Waals surface area (Å²) in [5.74, 6) is 0.970. The molecule has 1 heterocycles. The van der Waals surface area contributed by atoms with Crippen LogP contribution in [0.5, 0.6) is 5.75 Å². The second-order valence-corrected chi connectivity index (χ2v) is 5.30. The number of para-hydroxylation sites is 2. The number of hydrogen-bond donors (Lipinski definition) is 2. The monoisotopic (exact) mass is 263 g/mol. The highest BCUT2D eigenvalue weighted by molar-refractivity contribution is 5.58. The van der Waals surface area contributed by atoms with Crippen molar-refractivity contribution >= 4 is 5.69 Å². The third-order valence-electron chi connectivity index (χ3n) is 4.20. The molecule has 0 aromatic heterocycles. The SMILES string of the molecule is CCOc1ccccc1N1CCC(CN)(CN)CC1. The molecule has 1 fully saturated rings. The molecule has 0 atom stereocenters. The number of anilines is 1. The van der Waals surface area contributed by atoms with Crippen molar-refractivity contribution in [2.45, 2.75) is 19.8 Å². The van der Waals surface area contributed by atoms with E-state index in [1.54, 1.807) is 0 Å². The summed E-state index contributed by atoms with van der Waals surface area (Å²) in [7, 11) is 0. The lowest BCUT2D eigenvalue weighted by atomic mass is 9.78. The van der Waals surface area contributed by atoms with Crippen molar-refractivity contribution in [3.05, 3.63) is 24.3 Å². The molecule has 1 aliphatic rings. The van der Waals surface area contributed by atoms with Crippen LogP contribution >= 0.6 is 0 Å². The van der Waals surface area contributed by atoms with Crippen LogP contribution in [0.4, 0.5) is 5.69 Å². The van der Waals surface area contributed by atoms with Crippen LogP contribution in [0.25, 0.3) is 0 Å². The Morgan fingerprint density at radius 1 is 1.16 bits per heavy atom. The second-order valence-electron chi connectivity index (χ2n) is 5.30. The number of nitrogens with zero attached hydrogens (tertiary/aromatic N) is 1. The maximum Gasteiger partial charge on any atom is 0.142 e. The predicted molar refractivity (Wildman–Crippen MR) is 79.6 cm³/mol. The fraction of sp³-hybridized carbons (Fsp3) is 0.600. The van der Waals surface area contributed by atoms with Crippen LogP contribution in [0.1, 0.15) is 19.8 Å². The van der Waals surface area contributed by atoms with E-state index in [4.69, 9.17) is 16.2 Å². The van der Waals surface area contributed by atoms with Gasteiger partial charge >= 0.3 is 0 Å². The van der Waals surface area contributed by atoms with E-state index in [1.165, 1.54) is 5.69 Å². The van der Waals surface area contributed by atoms with E-state index in [0.29, 0.717) is 19.7 Å². The highest BCUT2D eigenvalue weighted by Gasteiger charge is 2.32. The molecule has 0 radical (unpaired) electrons. The number of rotatable bonds is 5. The van der Waals surface area contributed by atoms with Gasteiger partial charge in [-0.2, -0.15) is 0 Å². The summed E-state index contributed by atoms with van der Waals surface area (Å²) in [6, 6.07) is 8.24. The Balaban J connectivity index is 2.09. The van der Waals surface area contributed by atoms with Crippen LogP contribution < -0.4 is 21.1 Å². The Kier molecular flexibility index (Phi) is 4.66. The van der Waals surface area contributed by atoms with Crippen LogP contribution in [0.2, 0.25) is 0 Å². The maximum absolute atomic E-state index is 5.89. The van der Waals surface area contributed by atoms with Crippen LogP contribution in [0.3, 0.4) is 0 Å². The lowest BCUT2D eigenvalue weighted by Crippen LogP contribution is -2.48. The Bertz CT molecular complexity index is 394. The van der Waals surface area contributed by atoms with Crippen LogP contribution in [0.15, 0.2) is 24.3 Å². The number of nitrogens with two attached hydrogens (primary N) is 2. The normalized spacial score (nSPS) is 18.4. The molecule has 19 heavy (non-hydrogen) atoms. The van der Waals surface area contributed by atoms with Gasteiger partial charge in [-0.1, -0.05) is 12.1 Å². The fourth-order valence-electron chi connectivity index (χ4n) is 2.71. The highest BCUT2D eigenvalue weighted by atomic mass is 16.5. The maximum atomic E-state index is 5.89. The van der Waals surface area contributed by atoms with Gasteiger partial charge in [0.1, 0.15) is 5.75 Å². The van der Waals surface area contributed by atoms with E-state index < -0.39 is 0 Å². The fourth-order valence-corrected chi connectivity index (χ4v) is 2.71. The van der Waals surface area contributed by atoms with Gasteiger partial charge in [0.15, 0.2) is 0 Å². The summed E-state index contributed by atoms with van der Waals surface area (Å²) >= 11 is 0. The van der Waals surface area contributed by atoms with Gasteiger partial charge in [-0.05, 0) is 50.4 Å².